The maximum atomic E-state index is 13.6. The molecular formula is C31H36N2O3. The zero-order valence-electron chi connectivity index (χ0n) is 20.9. The van der Waals surface area contributed by atoms with Crippen molar-refractivity contribution in [2.75, 3.05) is 6.61 Å². The molecule has 2 amide bonds. The van der Waals surface area contributed by atoms with Crippen molar-refractivity contribution in [3.05, 3.63) is 102 Å². The molecule has 4 rings (SSSR count). The van der Waals surface area contributed by atoms with Crippen LogP contribution in [0.3, 0.4) is 0 Å². The monoisotopic (exact) mass is 484 g/mol. The van der Waals surface area contributed by atoms with Gasteiger partial charge in [0.1, 0.15) is 11.8 Å². The first-order chi connectivity index (χ1) is 17.7. The highest BCUT2D eigenvalue weighted by molar-refractivity contribution is 5.88. The third kappa shape index (κ3) is 7.70. The first-order valence-corrected chi connectivity index (χ1v) is 13.0. The molecule has 0 aliphatic heterocycles. The van der Waals surface area contributed by atoms with Crippen molar-refractivity contribution < 1.29 is 14.3 Å². The molecule has 3 aromatic carbocycles. The number of ether oxygens (including phenoxy) is 1. The second-order valence-corrected chi connectivity index (χ2v) is 9.47. The Morgan fingerprint density at radius 2 is 1.42 bits per heavy atom. The van der Waals surface area contributed by atoms with Crippen molar-refractivity contribution in [1.29, 1.82) is 0 Å². The highest BCUT2D eigenvalue weighted by Crippen LogP contribution is 2.20. The predicted octanol–water partition coefficient (Wildman–Crippen LogP) is 5.54. The Morgan fingerprint density at radius 3 is 2.06 bits per heavy atom. The van der Waals surface area contributed by atoms with Gasteiger partial charge < -0.3 is 15.0 Å². The minimum atomic E-state index is -0.573. The van der Waals surface area contributed by atoms with Gasteiger partial charge in [0.25, 0.3) is 0 Å². The quantitative estimate of drug-likeness (QED) is 0.343. The third-order valence-electron chi connectivity index (χ3n) is 6.72. The highest BCUT2D eigenvalue weighted by atomic mass is 16.5. The first-order valence-electron chi connectivity index (χ1n) is 13.0. The molecule has 1 saturated carbocycles. The molecule has 0 spiro atoms. The van der Waals surface area contributed by atoms with E-state index in [1.54, 1.807) is 4.90 Å². The van der Waals surface area contributed by atoms with Crippen molar-refractivity contribution in [1.82, 2.24) is 10.2 Å². The van der Waals surface area contributed by atoms with E-state index >= 15 is 0 Å². The lowest BCUT2D eigenvalue weighted by Gasteiger charge is -2.32. The number of hydrogen-bond donors (Lipinski definition) is 1. The lowest BCUT2D eigenvalue weighted by Crippen LogP contribution is -2.52. The molecule has 5 nitrogen and oxygen atoms in total. The minimum absolute atomic E-state index is 0.0296. The van der Waals surface area contributed by atoms with Crippen molar-refractivity contribution in [3.63, 3.8) is 0 Å². The summed E-state index contributed by atoms with van der Waals surface area (Å²) in [7, 11) is 0. The van der Waals surface area contributed by atoms with E-state index in [-0.39, 0.29) is 17.9 Å². The van der Waals surface area contributed by atoms with E-state index in [1.165, 1.54) is 0 Å². The lowest BCUT2D eigenvalue weighted by molar-refractivity contribution is -0.141. The van der Waals surface area contributed by atoms with Crippen LogP contribution in [0.25, 0.3) is 0 Å². The van der Waals surface area contributed by atoms with Crippen LogP contribution in [-0.2, 0) is 22.6 Å². The van der Waals surface area contributed by atoms with Gasteiger partial charge in [-0.15, -0.1) is 0 Å². The Hall–Kier alpha value is -3.60. The molecule has 36 heavy (non-hydrogen) atoms. The van der Waals surface area contributed by atoms with Crippen LogP contribution in [0.15, 0.2) is 91.0 Å². The van der Waals surface area contributed by atoms with Crippen LogP contribution in [0.5, 0.6) is 5.75 Å². The summed E-state index contributed by atoms with van der Waals surface area (Å²) < 4.78 is 5.80. The molecule has 3 aromatic rings. The van der Waals surface area contributed by atoms with Crippen LogP contribution < -0.4 is 10.1 Å². The number of para-hydroxylation sites is 1. The Labute approximate surface area is 214 Å². The number of nitrogens with one attached hydrogen (secondary N) is 1. The lowest BCUT2D eigenvalue weighted by atomic mass is 10.0. The fraction of sp³-hybridized carbons (Fsp3) is 0.355. The number of nitrogens with zero attached hydrogens (tertiary/aromatic N) is 1. The number of benzene rings is 3. The smallest absolute Gasteiger partial charge is 0.243 e. The van der Waals surface area contributed by atoms with E-state index in [4.69, 9.17) is 4.74 Å². The SMILES string of the molecule is O=C(NC1CCCC1)C(Cc1ccccc1)N(Cc1ccccc1)C(=O)CCCOc1ccccc1. The number of hydrogen-bond acceptors (Lipinski definition) is 3. The summed E-state index contributed by atoms with van der Waals surface area (Å²) in [5, 5.41) is 3.25. The molecule has 188 valence electrons. The molecule has 0 saturated heterocycles. The van der Waals surface area contributed by atoms with Gasteiger partial charge in [0, 0.05) is 25.4 Å². The second-order valence-electron chi connectivity index (χ2n) is 9.47. The van der Waals surface area contributed by atoms with Crippen LogP contribution >= 0.6 is 0 Å². The van der Waals surface area contributed by atoms with Gasteiger partial charge in [-0.05, 0) is 42.5 Å². The normalized spacial score (nSPS) is 14.2. The Morgan fingerprint density at radius 1 is 0.833 bits per heavy atom. The van der Waals surface area contributed by atoms with Gasteiger partial charge in [-0.25, -0.2) is 0 Å². The summed E-state index contributed by atoms with van der Waals surface area (Å²) in [6.07, 6.45) is 5.69. The van der Waals surface area contributed by atoms with Gasteiger partial charge in [-0.3, -0.25) is 9.59 Å². The fourth-order valence-corrected chi connectivity index (χ4v) is 4.78. The highest BCUT2D eigenvalue weighted by Gasteiger charge is 2.31. The summed E-state index contributed by atoms with van der Waals surface area (Å²) in [4.78, 5) is 29.0. The average Bonchev–Trinajstić information content (AvgIpc) is 3.43. The molecular weight excluding hydrogens is 448 g/mol. The van der Waals surface area contributed by atoms with Gasteiger partial charge in [-0.2, -0.15) is 0 Å². The zero-order valence-corrected chi connectivity index (χ0v) is 20.9. The van der Waals surface area contributed by atoms with E-state index in [0.717, 1.165) is 42.6 Å². The third-order valence-corrected chi connectivity index (χ3v) is 6.72. The van der Waals surface area contributed by atoms with E-state index in [2.05, 4.69) is 5.32 Å². The van der Waals surface area contributed by atoms with Gasteiger partial charge >= 0.3 is 0 Å². The molecule has 5 heteroatoms. The molecule has 0 bridgehead atoms. The topological polar surface area (TPSA) is 58.6 Å². The van der Waals surface area contributed by atoms with Crippen molar-refractivity contribution in [2.24, 2.45) is 0 Å². The van der Waals surface area contributed by atoms with Crippen LogP contribution in [0.1, 0.15) is 49.7 Å². The maximum Gasteiger partial charge on any atom is 0.243 e. The summed E-state index contributed by atoms with van der Waals surface area (Å²) >= 11 is 0. The standard InChI is InChI=1S/C31H36N2O3/c34-30(21-12-22-36-28-19-8-3-9-20-28)33(24-26-15-6-2-7-16-26)29(23-25-13-4-1-5-14-25)31(35)32-27-17-10-11-18-27/h1-9,13-16,19-20,27,29H,10-12,17-18,21-24H2,(H,32,35). The van der Waals surface area contributed by atoms with Crippen LogP contribution in [0.2, 0.25) is 0 Å². The van der Waals surface area contributed by atoms with Crippen LogP contribution in [0, 0.1) is 0 Å². The summed E-state index contributed by atoms with van der Waals surface area (Å²) in [6, 6.07) is 29.1. The van der Waals surface area contributed by atoms with E-state index in [9.17, 15) is 9.59 Å². The number of rotatable bonds is 12. The Balaban J connectivity index is 1.50. The molecule has 0 radical (unpaired) electrons. The molecule has 0 aromatic heterocycles. The molecule has 1 atom stereocenters. The van der Waals surface area contributed by atoms with E-state index < -0.39 is 6.04 Å². The maximum absolute atomic E-state index is 13.6. The summed E-state index contributed by atoms with van der Waals surface area (Å²) in [5.74, 6) is 0.706. The predicted molar refractivity (Wildman–Crippen MR) is 142 cm³/mol. The molecule has 1 fully saturated rings. The average molecular weight is 485 g/mol. The van der Waals surface area contributed by atoms with Crippen molar-refractivity contribution in [2.45, 2.75) is 63.6 Å². The van der Waals surface area contributed by atoms with Crippen LogP contribution in [0.4, 0.5) is 0 Å². The zero-order chi connectivity index (χ0) is 25.0. The largest absolute Gasteiger partial charge is 0.494 e. The molecule has 1 N–H and O–H groups in total. The second kappa shape index (κ2) is 13.5. The fourth-order valence-electron chi connectivity index (χ4n) is 4.78. The van der Waals surface area contributed by atoms with Crippen molar-refractivity contribution in [3.8, 4) is 5.75 Å². The number of amides is 2. The molecule has 0 heterocycles. The number of carbonyl (C=O) groups excluding carboxylic acids is 2. The molecule has 1 aliphatic carbocycles. The molecule has 1 unspecified atom stereocenters. The molecule has 1 aliphatic rings. The Kier molecular flexibility index (Phi) is 9.54. The van der Waals surface area contributed by atoms with Crippen molar-refractivity contribution >= 4 is 11.8 Å². The van der Waals surface area contributed by atoms with Gasteiger partial charge in [-0.1, -0.05) is 91.7 Å². The van der Waals surface area contributed by atoms with E-state index in [0.29, 0.717) is 32.4 Å². The van der Waals surface area contributed by atoms with Gasteiger partial charge in [0.05, 0.1) is 6.61 Å². The Bertz CT molecular complexity index is 1070. The first kappa shape index (κ1) is 25.5. The van der Waals surface area contributed by atoms with Gasteiger partial charge in [0.15, 0.2) is 0 Å². The summed E-state index contributed by atoms with van der Waals surface area (Å²) in [5.41, 5.74) is 2.06. The van der Waals surface area contributed by atoms with Gasteiger partial charge in [0.2, 0.25) is 11.8 Å². The number of carbonyl (C=O) groups is 2. The van der Waals surface area contributed by atoms with E-state index in [1.807, 2.05) is 91.0 Å². The summed E-state index contributed by atoms with van der Waals surface area (Å²) in [6.45, 7) is 0.849. The minimum Gasteiger partial charge on any atom is -0.494 e. The van der Waals surface area contributed by atoms with Crippen LogP contribution in [-0.4, -0.2) is 35.4 Å².